The van der Waals surface area contributed by atoms with Gasteiger partial charge in [0.05, 0.1) is 11.8 Å². The fourth-order valence-corrected chi connectivity index (χ4v) is 5.69. The summed E-state index contributed by atoms with van der Waals surface area (Å²) >= 11 is 0. The van der Waals surface area contributed by atoms with Crippen LogP contribution in [0.1, 0.15) is 49.1 Å². The van der Waals surface area contributed by atoms with Gasteiger partial charge < -0.3 is 20.5 Å². The summed E-state index contributed by atoms with van der Waals surface area (Å²) in [5.41, 5.74) is 4.65. The molecule has 0 aliphatic heterocycles. The summed E-state index contributed by atoms with van der Waals surface area (Å²) in [6.45, 7) is 0.229. The van der Waals surface area contributed by atoms with E-state index in [0.29, 0.717) is 19.3 Å². The van der Waals surface area contributed by atoms with Gasteiger partial charge in [-0.25, -0.2) is 4.79 Å². The molecule has 0 bridgehead atoms. The summed E-state index contributed by atoms with van der Waals surface area (Å²) in [6.07, 6.45) is 6.45. The van der Waals surface area contributed by atoms with Crippen LogP contribution < -0.4 is 10.6 Å². The first-order chi connectivity index (χ1) is 17.0. The van der Waals surface area contributed by atoms with E-state index in [1.54, 1.807) is 12.2 Å². The molecule has 3 N–H and O–H groups in total. The zero-order valence-corrected chi connectivity index (χ0v) is 19.5. The Morgan fingerprint density at radius 2 is 1.54 bits per heavy atom. The highest BCUT2D eigenvalue weighted by atomic mass is 16.5. The number of benzene rings is 2. The van der Waals surface area contributed by atoms with Gasteiger partial charge in [0.25, 0.3) is 0 Å². The minimum Gasteiger partial charge on any atom is -0.481 e. The number of hydrogen-bond donors (Lipinski definition) is 3. The monoisotopic (exact) mass is 474 g/mol. The van der Waals surface area contributed by atoms with Crippen LogP contribution in [-0.4, -0.2) is 41.8 Å². The minimum atomic E-state index is -0.884. The van der Waals surface area contributed by atoms with E-state index in [-0.39, 0.29) is 36.4 Å². The van der Waals surface area contributed by atoms with Gasteiger partial charge in [-0.2, -0.15) is 0 Å². The zero-order chi connectivity index (χ0) is 24.4. The van der Waals surface area contributed by atoms with Gasteiger partial charge >= 0.3 is 12.1 Å². The van der Waals surface area contributed by atoms with Gasteiger partial charge in [-0.1, -0.05) is 73.5 Å². The van der Waals surface area contributed by atoms with E-state index in [1.807, 2.05) is 24.3 Å². The second kappa shape index (κ2) is 9.94. The molecule has 3 aliphatic carbocycles. The highest BCUT2D eigenvalue weighted by Gasteiger charge is 2.35. The molecule has 182 valence electrons. The molecule has 5 rings (SSSR count). The average Bonchev–Trinajstić information content (AvgIpc) is 3.46. The second-order valence-electron chi connectivity index (χ2n) is 9.65. The number of hydrogen-bond acceptors (Lipinski definition) is 4. The highest BCUT2D eigenvalue weighted by Crippen LogP contribution is 2.44. The van der Waals surface area contributed by atoms with Gasteiger partial charge in [0.15, 0.2) is 0 Å². The lowest BCUT2D eigenvalue weighted by molar-refractivity contribution is -0.140. The summed E-state index contributed by atoms with van der Waals surface area (Å²) in [4.78, 5) is 36.9. The van der Waals surface area contributed by atoms with Gasteiger partial charge in [-0.05, 0) is 41.5 Å². The van der Waals surface area contributed by atoms with Gasteiger partial charge in [-0.15, -0.1) is 0 Å². The Bertz CT molecular complexity index is 1110. The molecule has 35 heavy (non-hydrogen) atoms. The van der Waals surface area contributed by atoms with E-state index in [2.05, 4.69) is 34.9 Å². The number of rotatable bonds is 6. The number of ether oxygens (including phenoxy) is 1. The molecule has 2 aromatic rings. The van der Waals surface area contributed by atoms with Crippen molar-refractivity contribution in [2.45, 2.75) is 50.1 Å². The summed E-state index contributed by atoms with van der Waals surface area (Å²) < 4.78 is 5.69. The molecule has 3 aliphatic rings. The average molecular weight is 475 g/mol. The largest absolute Gasteiger partial charge is 0.481 e. The molecule has 0 aromatic heterocycles. The van der Waals surface area contributed by atoms with Crippen molar-refractivity contribution < 1.29 is 24.2 Å². The lowest BCUT2D eigenvalue weighted by Gasteiger charge is -2.31. The number of nitrogens with one attached hydrogen (secondary N) is 2. The predicted octanol–water partition coefficient (Wildman–Crippen LogP) is 4.23. The first kappa shape index (κ1) is 23.1. The third-order valence-corrected chi connectivity index (χ3v) is 7.48. The SMILES string of the molecule is O=C(NC1CCCCC1C(=O)NC1C=CC(C(=O)O)C1)OCC1c2ccccc2-c2ccccc21. The fraction of sp³-hybridized carbons (Fsp3) is 0.393. The number of alkyl carbamates (subject to hydrolysis) is 1. The van der Waals surface area contributed by atoms with Crippen LogP contribution in [0, 0.1) is 11.8 Å². The van der Waals surface area contributed by atoms with Crippen LogP contribution in [0.25, 0.3) is 11.1 Å². The van der Waals surface area contributed by atoms with Crippen molar-refractivity contribution in [3.05, 3.63) is 71.8 Å². The topological polar surface area (TPSA) is 105 Å². The van der Waals surface area contributed by atoms with E-state index in [9.17, 15) is 14.4 Å². The van der Waals surface area contributed by atoms with E-state index in [0.717, 1.165) is 24.0 Å². The Morgan fingerprint density at radius 1 is 0.886 bits per heavy atom. The van der Waals surface area contributed by atoms with Crippen LogP contribution in [0.4, 0.5) is 4.79 Å². The van der Waals surface area contributed by atoms with Gasteiger partial charge in [0, 0.05) is 18.0 Å². The van der Waals surface area contributed by atoms with Crippen LogP contribution in [0.3, 0.4) is 0 Å². The summed E-state index contributed by atoms with van der Waals surface area (Å²) in [6, 6.07) is 15.8. The first-order valence-electron chi connectivity index (χ1n) is 12.3. The minimum absolute atomic E-state index is 0.0186. The third kappa shape index (κ3) is 4.81. The van der Waals surface area contributed by atoms with Gasteiger partial charge in [0.2, 0.25) is 5.91 Å². The Labute approximate surface area is 204 Å². The first-order valence-corrected chi connectivity index (χ1v) is 12.3. The van der Waals surface area contributed by atoms with Crippen LogP contribution in [-0.2, 0) is 14.3 Å². The number of amides is 2. The summed E-state index contributed by atoms with van der Waals surface area (Å²) in [7, 11) is 0. The molecule has 4 atom stereocenters. The Kier molecular flexibility index (Phi) is 6.57. The number of aliphatic carboxylic acids is 1. The molecule has 0 saturated heterocycles. The van der Waals surface area contributed by atoms with Crippen molar-refractivity contribution in [1.29, 1.82) is 0 Å². The van der Waals surface area contributed by atoms with Crippen LogP contribution in [0.5, 0.6) is 0 Å². The number of carboxylic acids is 1. The number of carboxylic acid groups (broad SMARTS) is 1. The lowest BCUT2D eigenvalue weighted by Crippen LogP contribution is -2.50. The zero-order valence-electron chi connectivity index (χ0n) is 19.5. The molecule has 7 heteroatoms. The third-order valence-electron chi connectivity index (χ3n) is 7.48. The Morgan fingerprint density at radius 3 is 2.20 bits per heavy atom. The number of fused-ring (bicyclic) bond motifs is 3. The predicted molar refractivity (Wildman–Crippen MR) is 131 cm³/mol. The molecule has 1 saturated carbocycles. The Hall–Kier alpha value is -3.61. The summed E-state index contributed by atoms with van der Waals surface area (Å²) in [5.74, 6) is -1.97. The van der Waals surface area contributed by atoms with E-state index < -0.39 is 18.0 Å². The van der Waals surface area contributed by atoms with Crippen molar-refractivity contribution in [1.82, 2.24) is 10.6 Å². The Balaban J connectivity index is 1.19. The van der Waals surface area contributed by atoms with Crippen molar-refractivity contribution in [2.75, 3.05) is 6.61 Å². The standard InChI is InChI=1S/C28H30N2O5/c31-26(29-18-14-13-17(15-18)27(32)33)23-11-5-6-12-25(23)30-28(34)35-16-24-21-9-3-1-7-19(21)20-8-2-4-10-22(20)24/h1-4,7-10,13-14,17-18,23-25H,5-6,11-12,15-16H2,(H,29,31)(H,30,34)(H,32,33). The molecule has 0 spiro atoms. The van der Waals surface area contributed by atoms with Crippen LogP contribution in [0.2, 0.25) is 0 Å². The molecule has 4 unspecified atom stereocenters. The molecule has 7 nitrogen and oxygen atoms in total. The van der Waals surface area contributed by atoms with Crippen molar-refractivity contribution in [3.63, 3.8) is 0 Å². The number of carbonyl (C=O) groups is 3. The number of carbonyl (C=O) groups excluding carboxylic acids is 2. The molecular weight excluding hydrogens is 444 g/mol. The normalized spacial score (nSPS) is 24.9. The molecular formula is C28H30N2O5. The quantitative estimate of drug-likeness (QED) is 0.544. The van der Waals surface area contributed by atoms with Crippen LogP contribution >= 0.6 is 0 Å². The van der Waals surface area contributed by atoms with Crippen molar-refractivity contribution >= 4 is 18.0 Å². The van der Waals surface area contributed by atoms with Gasteiger partial charge in [0.1, 0.15) is 6.61 Å². The van der Waals surface area contributed by atoms with E-state index in [4.69, 9.17) is 9.84 Å². The lowest BCUT2D eigenvalue weighted by atomic mass is 9.83. The second-order valence-corrected chi connectivity index (χ2v) is 9.65. The summed E-state index contributed by atoms with van der Waals surface area (Å²) in [5, 5.41) is 15.1. The molecule has 0 heterocycles. The maximum Gasteiger partial charge on any atom is 0.407 e. The maximum atomic E-state index is 13.0. The smallest absolute Gasteiger partial charge is 0.407 e. The molecule has 2 aromatic carbocycles. The van der Waals surface area contributed by atoms with Gasteiger partial charge in [-0.3, -0.25) is 9.59 Å². The van der Waals surface area contributed by atoms with Crippen molar-refractivity contribution in [3.8, 4) is 11.1 Å². The maximum absolute atomic E-state index is 13.0. The molecule has 2 amide bonds. The highest BCUT2D eigenvalue weighted by molar-refractivity contribution is 5.82. The van der Waals surface area contributed by atoms with E-state index in [1.165, 1.54) is 11.1 Å². The molecule has 0 radical (unpaired) electrons. The van der Waals surface area contributed by atoms with E-state index >= 15 is 0 Å². The molecule has 1 fully saturated rings. The van der Waals surface area contributed by atoms with Crippen molar-refractivity contribution in [2.24, 2.45) is 11.8 Å². The van der Waals surface area contributed by atoms with Crippen LogP contribution in [0.15, 0.2) is 60.7 Å². The fourth-order valence-electron chi connectivity index (χ4n) is 5.69.